The first-order valence-electron chi connectivity index (χ1n) is 7.19. The first-order chi connectivity index (χ1) is 9.19. The second-order valence-corrected chi connectivity index (χ2v) is 4.85. The number of rotatable bonds is 10. The van der Waals surface area contributed by atoms with Crippen molar-refractivity contribution in [3.05, 3.63) is 12.4 Å². The van der Waals surface area contributed by atoms with Crippen molar-refractivity contribution in [1.29, 1.82) is 0 Å². The molecule has 0 saturated carbocycles. The second kappa shape index (κ2) is 8.93. The van der Waals surface area contributed by atoms with Crippen molar-refractivity contribution in [1.82, 2.24) is 14.7 Å². The number of nitrogens with one attached hydrogen (secondary N) is 1. The molecule has 0 aliphatic heterocycles. The van der Waals surface area contributed by atoms with Gasteiger partial charge in [0.1, 0.15) is 0 Å². The molecular formula is C14H28N4O. The number of hydrogen-bond donors (Lipinski definition) is 1. The zero-order chi connectivity index (χ0) is 14.1. The van der Waals surface area contributed by atoms with Crippen LogP contribution in [0, 0.1) is 0 Å². The largest absolute Gasteiger partial charge is 0.385 e. The summed E-state index contributed by atoms with van der Waals surface area (Å²) in [5, 5.41) is 7.82. The summed E-state index contributed by atoms with van der Waals surface area (Å²) in [7, 11) is 1.73. The molecule has 0 radical (unpaired) electrons. The van der Waals surface area contributed by atoms with E-state index in [1.54, 1.807) is 7.11 Å². The number of likely N-dealkylation sites (N-methyl/N-ethyl adjacent to an activating group) is 1. The molecule has 1 aromatic heterocycles. The molecule has 0 amide bonds. The molecule has 1 aromatic rings. The standard InChI is InChI=1S/C14H28N4O/c1-5-17(6-2)8-9-18-12-14(11-15-18)16-13(3)7-10-19-4/h11-13,16H,5-10H2,1-4H3. The highest BCUT2D eigenvalue weighted by molar-refractivity contribution is 5.38. The number of hydrogen-bond acceptors (Lipinski definition) is 4. The second-order valence-electron chi connectivity index (χ2n) is 4.85. The zero-order valence-corrected chi connectivity index (χ0v) is 12.7. The Morgan fingerprint density at radius 2 is 2.16 bits per heavy atom. The predicted octanol–water partition coefficient (Wildman–Crippen LogP) is 2.06. The molecule has 0 aliphatic carbocycles. The van der Waals surface area contributed by atoms with Gasteiger partial charge in [0, 0.05) is 32.5 Å². The van der Waals surface area contributed by atoms with E-state index in [0.717, 1.165) is 44.9 Å². The lowest BCUT2D eigenvalue weighted by Crippen LogP contribution is -2.27. The highest BCUT2D eigenvalue weighted by Crippen LogP contribution is 2.08. The molecule has 19 heavy (non-hydrogen) atoms. The minimum absolute atomic E-state index is 0.403. The maximum Gasteiger partial charge on any atom is 0.0728 e. The number of nitrogens with zero attached hydrogens (tertiary/aromatic N) is 3. The van der Waals surface area contributed by atoms with Crippen molar-refractivity contribution in [2.45, 2.75) is 39.8 Å². The molecule has 5 heteroatoms. The highest BCUT2D eigenvalue weighted by Gasteiger charge is 2.05. The molecule has 1 N–H and O–H groups in total. The third kappa shape index (κ3) is 6.07. The minimum Gasteiger partial charge on any atom is -0.385 e. The van der Waals surface area contributed by atoms with Crippen LogP contribution in [-0.4, -0.2) is 54.1 Å². The van der Waals surface area contributed by atoms with Crippen LogP contribution in [0.1, 0.15) is 27.2 Å². The molecule has 1 rings (SSSR count). The molecule has 0 spiro atoms. The van der Waals surface area contributed by atoms with Gasteiger partial charge in [0.15, 0.2) is 0 Å². The lowest BCUT2D eigenvalue weighted by atomic mass is 10.2. The van der Waals surface area contributed by atoms with E-state index >= 15 is 0 Å². The molecule has 0 fully saturated rings. The first-order valence-corrected chi connectivity index (χ1v) is 7.19. The highest BCUT2D eigenvalue weighted by atomic mass is 16.5. The molecule has 0 aromatic carbocycles. The summed E-state index contributed by atoms with van der Waals surface area (Å²) in [6.45, 7) is 11.5. The van der Waals surface area contributed by atoms with Gasteiger partial charge < -0.3 is 15.0 Å². The Bertz CT molecular complexity index is 336. The first kappa shape index (κ1) is 16.0. The van der Waals surface area contributed by atoms with Crippen molar-refractivity contribution in [3.8, 4) is 0 Å². The third-order valence-corrected chi connectivity index (χ3v) is 3.34. The topological polar surface area (TPSA) is 42.3 Å². The number of ether oxygens (including phenoxy) is 1. The van der Waals surface area contributed by atoms with Crippen LogP contribution in [0.5, 0.6) is 0 Å². The Hall–Kier alpha value is -1.07. The molecule has 5 nitrogen and oxygen atoms in total. The van der Waals surface area contributed by atoms with Gasteiger partial charge in [-0.05, 0) is 26.4 Å². The summed E-state index contributed by atoms with van der Waals surface area (Å²) < 4.78 is 7.08. The summed E-state index contributed by atoms with van der Waals surface area (Å²) in [5.74, 6) is 0. The van der Waals surface area contributed by atoms with Gasteiger partial charge in [0.05, 0.1) is 18.4 Å². The van der Waals surface area contributed by atoms with Crippen molar-refractivity contribution in [2.75, 3.05) is 38.7 Å². The molecule has 1 unspecified atom stereocenters. The fraction of sp³-hybridized carbons (Fsp3) is 0.786. The van der Waals surface area contributed by atoms with Gasteiger partial charge in [-0.1, -0.05) is 13.8 Å². The normalized spacial score (nSPS) is 12.9. The van der Waals surface area contributed by atoms with Gasteiger partial charge >= 0.3 is 0 Å². The van der Waals surface area contributed by atoms with Crippen LogP contribution >= 0.6 is 0 Å². The predicted molar refractivity (Wildman–Crippen MR) is 79.6 cm³/mol. The average molecular weight is 268 g/mol. The lowest BCUT2D eigenvalue weighted by molar-refractivity contribution is 0.191. The van der Waals surface area contributed by atoms with E-state index in [4.69, 9.17) is 4.74 Å². The van der Waals surface area contributed by atoms with E-state index in [1.165, 1.54) is 0 Å². The van der Waals surface area contributed by atoms with Crippen LogP contribution < -0.4 is 5.32 Å². The third-order valence-electron chi connectivity index (χ3n) is 3.34. The molecule has 0 saturated heterocycles. The number of anilines is 1. The molecular weight excluding hydrogens is 240 g/mol. The molecule has 0 aliphatic rings. The summed E-state index contributed by atoms with van der Waals surface area (Å²) in [5.41, 5.74) is 1.09. The van der Waals surface area contributed by atoms with E-state index < -0.39 is 0 Å². The number of methoxy groups -OCH3 is 1. The minimum atomic E-state index is 0.403. The van der Waals surface area contributed by atoms with Crippen molar-refractivity contribution < 1.29 is 4.74 Å². The molecule has 1 atom stereocenters. The average Bonchev–Trinajstić information content (AvgIpc) is 2.85. The van der Waals surface area contributed by atoms with Gasteiger partial charge in [-0.2, -0.15) is 5.10 Å². The van der Waals surface area contributed by atoms with E-state index in [2.05, 4.69) is 42.3 Å². The fourth-order valence-corrected chi connectivity index (χ4v) is 2.00. The van der Waals surface area contributed by atoms with Gasteiger partial charge in [0.2, 0.25) is 0 Å². The Kier molecular flexibility index (Phi) is 7.52. The van der Waals surface area contributed by atoms with Crippen LogP contribution in [-0.2, 0) is 11.3 Å². The van der Waals surface area contributed by atoms with Crippen LogP contribution in [0.15, 0.2) is 12.4 Å². The van der Waals surface area contributed by atoms with Crippen LogP contribution in [0.2, 0.25) is 0 Å². The summed E-state index contributed by atoms with van der Waals surface area (Å²) in [4.78, 5) is 2.40. The van der Waals surface area contributed by atoms with Crippen molar-refractivity contribution in [2.24, 2.45) is 0 Å². The fourth-order valence-electron chi connectivity index (χ4n) is 2.00. The van der Waals surface area contributed by atoms with E-state index in [1.807, 2.05) is 10.9 Å². The zero-order valence-electron chi connectivity index (χ0n) is 12.7. The maximum atomic E-state index is 5.08. The van der Waals surface area contributed by atoms with Gasteiger partial charge in [-0.3, -0.25) is 4.68 Å². The Balaban J connectivity index is 2.35. The van der Waals surface area contributed by atoms with Crippen LogP contribution in [0.25, 0.3) is 0 Å². The summed E-state index contributed by atoms with van der Waals surface area (Å²) in [6, 6.07) is 0.403. The maximum absolute atomic E-state index is 5.08. The van der Waals surface area contributed by atoms with Crippen molar-refractivity contribution >= 4 is 5.69 Å². The monoisotopic (exact) mass is 268 g/mol. The molecule has 110 valence electrons. The molecule has 0 bridgehead atoms. The van der Waals surface area contributed by atoms with Gasteiger partial charge in [-0.25, -0.2) is 0 Å². The smallest absolute Gasteiger partial charge is 0.0728 e. The Morgan fingerprint density at radius 1 is 1.42 bits per heavy atom. The SMILES string of the molecule is CCN(CC)CCn1cc(NC(C)CCOC)cn1. The van der Waals surface area contributed by atoms with E-state index in [0.29, 0.717) is 6.04 Å². The van der Waals surface area contributed by atoms with Gasteiger partial charge in [0.25, 0.3) is 0 Å². The quantitative estimate of drug-likeness (QED) is 0.705. The van der Waals surface area contributed by atoms with E-state index in [9.17, 15) is 0 Å². The Morgan fingerprint density at radius 3 is 2.79 bits per heavy atom. The van der Waals surface area contributed by atoms with Crippen LogP contribution in [0.3, 0.4) is 0 Å². The number of aromatic nitrogens is 2. The molecule has 1 heterocycles. The van der Waals surface area contributed by atoms with Crippen molar-refractivity contribution in [3.63, 3.8) is 0 Å². The van der Waals surface area contributed by atoms with Gasteiger partial charge in [-0.15, -0.1) is 0 Å². The van der Waals surface area contributed by atoms with Crippen LogP contribution in [0.4, 0.5) is 5.69 Å². The Labute approximate surface area is 116 Å². The van der Waals surface area contributed by atoms with E-state index in [-0.39, 0.29) is 0 Å². The lowest BCUT2D eigenvalue weighted by Gasteiger charge is -2.17. The summed E-state index contributed by atoms with van der Waals surface area (Å²) in [6.07, 6.45) is 4.97. The summed E-state index contributed by atoms with van der Waals surface area (Å²) >= 11 is 0.